The van der Waals surface area contributed by atoms with Gasteiger partial charge in [0.2, 0.25) is 5.88 Å². The van der Waals surface area contributed by atoms with Crippen LogP contribution in [0.2, 0.25) is 0 Å². The van der Waals surface area contributed by atoms with Crippen molar-refractivity contribution in [1.29, 1.82) is 0 Å². The van der Waals surface area contributed by atoms with E-state index in [0.29, 0.717) is 0 Å². The third-order valence-electron chi connectivity index (χ3n) is 2.27. The molecule has 0 aliphatic rings. The topological polar surface area (TPSA) is 34.2 Å². The second kappa shape index (κ2) is 4.62. The summed E-state index contributed by atoms with van der Waals surface area (Å²) in [6.45, 7) is 7.21. The first-order chi connectivity index (χ1) is 6.99. The Morgan fingerprint density at radius 2 is 2.00 bits per heavy atom. The summed E-state index contributed by atoms with van der Waals surface area (Å²) in [7, 11) is 3.57. The SMILES string of the molecule is CNCc1ccc(C(C)(C)C)nc1OC. The van der Waals surface area contributed by atoms with Crippen LogP contribution in [-0.4, -0.2) is 19.1 Å². The Balaban J connectivity index is 3.08. The van der Waals surface area contributed by atoms with Gasteiger partial charge in [0, 0.05) is 23.2 Å². The van der Waals surface area contributed by atoms with Gasteiger partial charge in [-0.3, -0.25) is 0 Å². The summed E-state index contributed by atoms with van der Waals surface area (Å²) < 4.78 is 5.28. The number of nitrogens with zero attached hydrogens (tertiary/aromatic N) is 1. The number of methoxy groups -OCH3 is 1. The Bertz CT molecular complexity index is 329. The molecular formula is C12H20N2O. The van der Waals surface area contributed by atoms with Crippen LogP contribution in [0.25, 0.3) is 0 Å². The van der Waals surface area contributed by atoms with E-state index in [1.54, 1.807) is 7.11 Å². The van der Waals surface area contributed by atoms with Crippen LogP contribution in [0.5, 0.6) is 5.88 Å². The number of hydrogen-bond donors (Lipinski definition) is 1. The first-order valence-electron chi connectivity index (χ1n) is 5.18. The van der Waals surface area contributed by atoms with Crippen molar-refractivity contribution in [3.63, 3.8) is 0 Å². The van der Waals surface area contributed by atoms with Crippen molar-refractivity contribution in [2.24, 2.45) is 0 Å². The Morgan fingerprint density at radius 1 is 1.33 bits per heavy atom. The molecule has 1 aromatic rings. The number of ether oxygens (including phenoxy) is 1. The van der Waals surface area contributed by atoms with Gasteiger partial charge in [0.05, 0.1) is 7.11 Å². The average molecular weight is 208 g/mol. The smallest absolute Gasteiger partial charge is 0.217 e. The van der Waals surface area contributed by atoms with Crippen molar-refractivity contribution in [3.8, 4) is 5.88 Å². The zero-order valence-electron chi connectivity index (χ0n) is 10.2. The predicted molar refractivity (Wildman–Crippen MR) is 62.3 cm³/mol. The maximum Gasteiger partial charge on any atom is 0.217 e. The molecule has 0 radical (unpaired) electrons. The van der Waals surface area contributed by atoms with Crippen LogP contribution in [0.3, 0.4) is 0 Å². The molecular weight excluding hydrogens is 188 g/mol. The Morgan fingerprint density at radius 3 is 2.47 bits per heavy atom. The van der Waals surface area contributed by atoms with Crippen LogP contribution in [0.15, 0.2) is 12.1 Å². The minimum absolute atomic E-state index is 0.0610. The minimum atomic E-state index is 0.0610. The van der Waals surface area contributed by atoms with Gasteiger partial charge in [-0.15, -0.1) is 0 Å². The van der Waals surface area contributed by atoms with Crippen LogP contribution >= 0.6 is 0 Å². The van der Waals surface area contributed by atoms with Crippen molar-refractivity contribution >= 4 is 0 Å². The summed E-state index contributed by atoms with van der Waals surface area (Å²) in [6.07, 6.45) is 0. The molecule has 0 amide bonds. The van der Waals surface area contributed by atoms with Gasteiger partial charge in [0.25, 0.3) is 0 Å². The Labute approximate surface area is 91.9 Å². The molecule has 15 heavy (non-hydrogen) atoms. The summed E-state index contributed by atoms with van der Waals surface area (Å²) in [5, 5.41) is 3.10. The fourth-order valence-electron chi connectivity index (χ4n) is 1.39. The normalized spacial score (nSPS) is 11.5. The molecule has 0 fully saturated rings. The standard InChI is InChI=1S/C12H20N2O/c1-12(2,3)10-7-6-9(8-13-4)11(14-10)15-5/h6-7,13H,8H2,1-5H3. The van der Waals surface area contributed by atoms with Crippen LogP contribution in [-0.2, 0) is 12.0 Å². The number of pyridine rings is 1. The first-order valence-corrected chi connectivity index (χ1v) is 5.18. The molecule has 1 aromatic heterocycles. The third-order valence-corrected chi connectivity index (χ3v) is 2.27. The summed E-state index contributed by atoms with van der Waals surface area (Å²) in [4.78, 5) is 4.52. The zero-order chi connectivity index (χ0) is 11.5. The number of hydrogen-bond acceptors (Lipinski definition) is 3. The highest BCUT2D eigenvalue weighted by atomic mass is 16.5. The molecule has 0 saturated carbocycles. The predicted octanol–water partition coefficient (Wildman–Crippen LogP) is 2.11. The molecule has 0 spiro atoms. The van der Waals surface area contributed by atoms with Crippen LogP contribution in [0, 0.1) is 0 Å². The summed E-state index contributed by atoms with van der Waals surface area (Å²) >= 11 is 0. The van der Waals surface area contributed by atoms with E-state index in [4.69, 9.17) is 4.74 Å². The molecule has 0 aliphatic carbocycles. The summed E-state index contributed by atoms with van der Waals surface area (Å²) in [5.74, 6) is 0.719. The lowest BCUT2D eigenvalue weighted by Gasteiger charge is -2.19. The molecule has 84 valence electrons. The van der Waals surface area contributed by atoms with Gasteiger partial charge in [0.15, 0.2) is 0 Å². The van der Waals surface area contributed by atoms with Crippen LogP contribution in [0.4, 0.5) is 0 Å². The van der Waals surface area contributed by atoms with Crippen LogP contribution in [0.1, 0.15) is 32.0 Å². The maximum atomic E-state index is 5.28. The largest absolute Gasteiger partial charge is 0.481 e. The van der Waals surface area contributed by atoms with Gasteiger partial charge >= 0.3 is 0 Å². The van der Waals surface area contributed by atoms with Gasteiger partial charge < -0.3 is 10.1 Å². The summed E-state index contributed by atoms with van der Waals surface area (Å²) in [5.41, 5.74) is 2.21. The Hall–Kier alpha value is -1.09. The highest BCUT2D eigenvalue weighted by Gasteiger charge is 2.17. The molecule has 3 heteroatoms. The minimum Gasteiger partial charge on any atom is -0.481 e. The number of rotatable bonds is 3. The van der Waals surface area contributed by atoms with Crippen molar-refractivity contribution in [2.75, 3.05) is 14.2 Å². The number of aromatic nitrogens is 1. The molecule has 1 N–H and O–H groups in total. The molecule has 0 aromatic carbocycles. The van der Waals surface area contributed by atoms with E-state index in [1.807, 2.05) is 7.05 Å². The molecule has 1 rings (SSSR count). The first kappa shape index (κ1) is 12.0. The lowest BCUT2D eigenvalue weighted by molar-refractivity contribution is 0.385. The van der Waals surface area contributed by atoms with E-state index in [9.17, 15) is 0 Å². The lowest BCUT2D eigenvalue weighted by Crippen LogP contribution is -2.15. The van der Waals surface area contributed by atoms with Crippen molar-refractivity contribution in [2.45, 2.75) is 32.7 Å². The second-order valence-corrected chi connectivity index (χ2v) is 4.65. The zero-order valence-corrected chi connectivity index (χ0v) is 10.2. The van der Waals surface area contributed by atoms with Crippen LogP contribution < -0.4 is 10.1 Å². The maximum absolute atomic E-state index is 5.28. The van der Waals surface area contributed by atoms with E-state index >= 15 is 0 Å². The monoisotopic (exact) mass is 208 g/mol. The molecule has 0 unspecified atom stereocenters. The molecule has 0 bridgehead atoms. The van der Waals surface area contributed by atoms with Crippen molar-refractivity contribution in [1.82, 2.24) is 10.3 Å². The third kappa shape index (κ3) is 2.93. The van der Waals surface area contributed by atoms with E-state index < -0.39 is 0 Å². The molecule has 0 atom stereocenters. The van der Waals surface area contributed by atoms with Gasteiger partial charge in [0.1, 0.15) is 0 Å². The Kier molecular flexibility index (Phi) is 3.69. The average Bonchev–Trinajstić information content (AvgIpc) is 2.17. The van der Waals surface area contributed by atoms with E-state index in [2.05, 4.69) is 43.2 Å². The number of nitrogens with one attached hydrogen (secondary N) is 1. The molecule has 1 heterocycles. The fraction of sp³-hybridized carbons (Fsp3) is 0.583. The van der Waals surface area contributed by atoms with E-state index in [1.165, 1.54) is 0 Å². The summed E-state index contributed by atoms with van der Waals surface area (Å²) in [6, 6.07) is 4.14. The van der Waals surface area contributed by atoms with Gasteiger partial charge in [-0.25, -0.2) is 4.98 Å². The second-order valence-electron chi connectivity index (χ2n) is 4.65. The van der Waals surface area contributed by atoms with Crippen molar-refractivity contribution < 1.29 is 4.74 Å². The van der Waals surface area contributed by atoms with Gasteiger partial charge in [-0.2, -0.15) is 0 Å². The van der Waals surface area contributed by atoms with E-state index in [0.717, 1.165) is 23.7 Å². The fourth-order valence-corrected chi connectivity index (χ4v) is 1.39. The van der Waals surface area contributed by atoms with E-state index in [-0.39, 0.29) is 5.41 Å². The van der Waals surface area contributed by atoms with Crippen molar-refractivity contribution in [3.05, 3.63) is 23.4 Å². The molecule has 0 saturated heterocycles. The quantitative estimate of drug-likeness (QED) is 0.826. The molecule has 3 nitrogen and oxygen atoms in total. The van der Waals surface area contributed by atoms with Gasteiger partial charge in [-0.1, -0.05) is 26.8 Å². The lowest BCUT2D eigenvalue weighted by atomic mass is 9.91. The van der Waals surface area contributed by atoms with Gasteiger partial charge in [-0.05, 0) is 13.1 Å². The molecule has 0 aliphatic heterocycles. The highest BCUT2D eigenvalue weighted by molar-refractivity contribution is 5.30. The highest BCUT2D eigenvalue weighted by Crippen LogP contribution is 2.24.